The number of carbonyl (C=O) groups excluding carboxylic acids is 1. The van der Waals surface area contributed by atoms with E-state index in [4.69, 9.17) is 9.84 Å². The van der Waals surface area contributed by atoms with Crippen LogP contribution in [0.15, 0.2) is 0 Å². The fourth-order valence-electron chi connectivity index (χ4n) is 5.58. The summed E-state index contributed by atoms with van der Waals surface area (Å²) in [6.07, 6.45) is 31.4. The minimum Gasteiger partial charge on any atom is -0.463 e. The minimum absolute atomic E-state index is 0.213. The van der Waals surface area contributed by atoms with E-state index in [0.29, 0.717) is 12.8 Å². The van der Waals surface area contributed by atoms with Gasteiger partial charge in [0.1, 0.15) is 12.7 Å². The van der Waals surface area contributed by atoms with Crippen molar-refractivity contribution in [2.75, 3.05) is 13.2 Å². The van der Waals surface area contributed by atoms with E-state index >= 15 is 0 Å². The van der Waals surface area contributed by atoms with Gasteiger partial charge in [0.05, 0.1) is 18.6 Å². The highest BCUT2D eigenvalue weighted by molar-refractivity contribution is 5.73. The third kappa shape index (κ3) is 26.3. The first-order valence-electron chi connectivity index (χ1n) is 17.7. The van der Waals surface area contributed by atoms with Gasteiger partial charge in [-0.3, -0.25) is 4.79 Å². The van der Waals surface area contributed by atoms with E-state index in [1.54, 1.807) is 0 Å². The molecule has 0 aromatic carbocycles. The average Bonchev–Trinajstić information content (AvgIpc) is 2.96. The van der Waals surface area contributed by atoms with Crippen LogP contribution in [0.2, 0.25) is 0 Å². The Kier molecular flexibility index (Phi) is 30.8. The standard InChI is InChI=1S/C35H70O5/c1-3-5-7-9-11-13-15-17-19-21-23-25-27-29-34(38)33(35(39)40-31-32(37)30-36)28-26-24-22-20-18-16-14-12-10-8-6-4-2/h32-34,36-38H,3-31H2,1-2H3/t32?,33-,34?/m1/s1. The summed E-state index contributed by atoms with van der Waals surface area (Å²) in [5.74, 6) is -0.968. The molecule has 0 saturated carbocycles. The van der Waals surface area contributed by atoms with Crippen molar-refractivity contribution in [2.24, 2.45) is 5.92 Å². The van der Waals surface area contributed by atoms with Crippen LogP contribution in [-0.4, -0.2) is 46.7 Å². The second-order valence-electron chi connectivity index (χ2n) is 12.3. The first-order chi connectivity index (χ1) is 19.6. The van der Waals surface area contributed by atoms with E-state index < -0.39 is 30.7 Å². The van der Waals surface area contributed by atoms with E-state index in [1.165, 1.54) is 135 Å². The van der Waals surface area contributed by atoms with Gasteiger partial charge in [-0.15, -0.1) is 0 Å². The summed E-state index contributed by atoms with van der Waals surface area (Å²) in [7, 11) is 0. The van der Waals surface area contributed by atoms with Gasteiger partial charge < -0.3 is 20.1 Å². The van der Waals surface area contributed by atoms with Gasteiger partial charge in [0.25, 0.3) is 0 Å². The molecule has 0 fully saturated rings. The summed E-state index contributed by atoms with van der Waals surface area (Å²) in [5.41, 5.74) is 0. The number of hydrogen-bond donors (Lipinski definition) is 3. The largest absolute Gasteiger partial charge is 0.463 e. The Balaban J connectivity index is 4.06. The lowest BCUT2D eigenvalue weighted by atomic mass is 9.91. The molecule has 0 aromatic heterocycles. The second-order valence-corrected chi connectivity index (χ2v) is 12.3. The van der Waals surface area contributed by atoms with Gasteiger partial charge in [0, 0.05) is 0 Å². The van der Waals surface area contributed by atoms with Gasteiger partial charge in [-0.2, -0.15) is 0 Å². The molecular weight excluding hydrogens is 500 g/mol. The van der Waals surface area contributed by atoms with E-state index in [0.717, 1.165) is 25.7 Å². The van der Waals surface area contributed by atoms with Gasteiger partial charge in [0.2, 0.25) is 0 Å². The zero-order chi connectivity index (χ0) is 29.5. The molecule has 0 spiro atoms. The highest BCUT2D eigenvalue weighted by atomic mass is 16.5. The number of rotatable bonds is 32. The Bertz CT molecular complexity index is 512. The summed E-state index contributed by atoms with van der Waals surface area (Å²) in [6.45, 7) is 3.88. The van der Waals surface area contributed by atoms with Crippen LogP contribution in [0.25, 0.3) is 0 Å². The average molecular weight is 571 g/mol. The molecule has 40 heavy (non-hydrogen) atoms. The third-order valence-electron chi connectivity index (χ3n) is 8.37. The van der Waals surface area contributed by atoms with Crippen molar-refractivity contribution in [3.63, 3.8) is 0 Å². The maximum Gasteiger partial charge on any atom is 0.311 e. The van der Waals surface area contributed by atoms with Gasteiger partial charge in [0.15, 0.2) is 0 Å². The quantitative estimate of drug-likeness (QED) is 0.0554. The van der Waals surface area contributed by atoms with E-state index in [-0.39, 0.29) is 6.61 Å². The Hall–Kier alpha value is -0.650. The molecule has 5 heteroatoms. The number of esters is 1. The molecule has 0 aromatic rings. The Morgan fingerprint density at radius 3 is 1.20 bits per heavy atom. The molecule has 0 heterocycles. The SMILES string of the molecule is CCCCCCCCCCCCCCCC(O)[C@@H](CCCCCCCCCCCCCC)C(=O)OCC(O)CO. The topological polar surface area (TPSA) is 87.0 Å². The van der Waals surface area contributed by atoms with Crippen LogP contribution < -0.4 is 0 Å². The molecule has 0 saturated heterocycles. The molecule has 2 unspecified atom stereocenters. The first-order valence-corrected chi connectivity index (χ1v) is 17.7. The summed E-state index contributed by atoms with van der Waals surface area (Å²) in [4.78, 5) is 12.7. The molecule has 3 N–H and O–H groups in total. The maximum atomic E-state index is 12.7. The van der Waals surface area contributed by atoms with E-state index in [2.05, 4.69) is 13.8 Å². The van der Waals surface area contributed by atoms with Crippen LogP contribution >= 0.6 is 0 Å². The van der Waals surface area contributed by atoms with Crippen molar-refractivity contribution < 1.29 is 24.9 Å². The highest BCUT2D eigenvalue weighted by Gasteiger charge is 2.28. The Morgan fingerprint density at radius 2 is 0.850 bits per heavy atom. The van der Waals surface area contributed by atoms with Crippen molar-refractivity contribution in [2.45, 2.75) is 199 Å². The molecule has 0 aliphatic carbocycles. The van der Waals surface area contributed by atoms with Crippen LogP contribution in [-0.2, 0) is 9.53 Å². The molecule has 0 aliphatic rings. The third-order valence-corrected chi connectivity index (χ3v) is 8.37. The van der Waals surface area contributed by atoms with Gasteiger partial charge >= 0.3 is 5.97 Å². The minimum atomic E-state index is -1.06. The Morgan fingerprint density at radius 1 is 0.525 bits per heavy atom. The monoisotopic (exact) mass is 571 g/mol. The van der Waals surface area contributed by atoms with Crippen LogP contribution in [0.3, 0.4) is 0 Å². The van der Waals surface area contributed by atoms with Crippen LogP contribution in [0, 0.1) is 5.92 Å². The highest BCUT2D eigenvalue weighted by Crippen LogP contribution is 2.22. The van der Waals surface area contributed by atoms with Crippen molar-refractivity contribution in [1.29, 1.82) is 0 Å². The molecule has 0 bridgehead atoms. The number of unbranched alkanes of at least 4 members (excludes halogenated alkanes) is 23. The zero-order valence-corrected chi connectivity index (χ0v) is 26.9. The zero-order valence-electron chi connectivity index (χ0n) is 26.9. The van der Waals surface area contributed by atoms with E-state index in [1.807, 2.05) is 0 Å². The molecule has 0 radical (unpaired) electrons. The fourth-order valence-corrected chi connectivity index (χ4v) is 5.58. The van der Waals surface area contributed by atoms with E-state index in [9.17, 15) is 15.0 Å². The summed E-state index contributed by atoms with van der Waals surface area (Å²) >= 11 is 0. The number of carbonyl (C=O) groups is 1. The number of hydrogen-bond acceptors (Lipinski definition) is 5. The molecule has 240 valence electrons. The van der Waals surface area contributed by atoms with Crippen LogP contribution in [0.4, 0.5) is 0 Å². The molecule has 3 atom stereocenters. The normalized spacial score (nSPS) is 13.8. The smallest absolute Gasteiger partial charge is 0.311 e. The molecule has 0 aliphatic heterocycles. The summed E-state index contributed by atoms with van der Waals surface area (Å²) in [6, 6.07) is 0. The number of ether oxygens (including phenoxy) is 1. The van der Waals surface area contributed by atoms with Crippen molar-refractivity contribution in [3.8, 4) is 0 Å². The predicted octanol–water partition coefficient (Wildman–Crippen LogP) is 9.43. The molecule has 5 nitrogen and oxygen atoms in total. The predicted molar refractivity (Wildman–Crippen MR) is 170 cm³/mol. The number of aliphatic hydroxyl groups is 3. The second kappa shape index (κ2) is 31.3. The fraction of sp³-hybridized carbons (Fsp3) is 0.971. The number of aliphatic hydroxyl groups excluding tert-OH is 3. The van der Waals surface area contributed by atoms with Crippen molar-refractivity contribution in [1.82, 2.24) is 0 Å². The van der Waals surface area contributed by atoms with Gasteiger partial charge in [-0.1, -0.05) is 174 Å². The lowest BCUT2D eigenvalue weighted by Crippen LogP contribution is -2.32. The van der Waals surface area contributed by atoms with Crippen molar-refractivity contribution in [3.05, 3.63) is 0 Å². The van der Waals surface area contributed by atoms with Crippen molar-refractivity contribution >= 4 is 5.97 Å². The maximum absolute atomic E-state index is 12.7. The summed E-state index contributed by atoms with van der Waals surface area (Å²) < 4.78 is 5.25. The van der Waals surface area contributed by atoms with Gasteiger partial charge in [-0.05, 0) is 12.8 Å². The van der Waals surface area contributed by atoms with Crippen LogP contribution in [0.5, 0.6) is 0 Å². The Labute approximate surface area is 249 Å². The lowest BCUT2D eigenvalue weighted by Gasteiger charge is -2.22. The van der Waals surface area contributed by atoms with Gasteiger partial charge in [-0.25, -0.2) is 0 Å². The van der Waals surface area contributed by atoms with Crippen LogP contribution in [0.1, 0.15) is 187 Å². The summed E-state index contributed by atoms with van der Waals surface area (Å²) in [5, 5.41) is 29.4. The first kappa shape index (κ1) is 39.4. The molecular formula is C35H70O5. The lowest BCUT2D eigenvalue weighted by molar-refractivity contribution is -0.156. The molecule has 0 amide bonds. The molecule has 0 rings (SSSR count).